The fourth-order valence-corrected chi connectivity index (χ4v) is 2.00. The van der Waals surface area contributed by atoms with E-state index >= 15 is 0 Å². The van der Waals surface area contributed by atoms with Crippen molar-refractivity contribution >= 4 is 23.5 Å². The number of amides is 1. The number of carbonyl (C=O) groups is 1. The molecule has 0 unspecified atom stereocenters. The zero-order valence-corrected chi connectivity index (χ0v) is 11.2. The molecule has 0 bridgehead atoms. The van der Waals surface area contributed by atoms with Crippen LogP contribution in [0.1, 0.15) is 26.3 Å². The number of hydrogen-bond donors (Lipinski definition) is 0. The van der Waals surface area contributed by atoms with E-state index in [2.05, 4.69) is 4.98 Å². The number of anilines is 1. The maximum Gasteiger partial charge on any atom is 0.416 e. The average Bonchev–Trinajstić information content (AvgIpc) is 2.65. The number of ether oxygens (including phenoxy) is 1. The van der Waals surface area contributed by atoms with Gasteiger partial charge in [-0.2, -0.15) is 0 Å². The molecule has 18 heavy (non-hydrogen) atoms. The Morgan fingerprint density at radius 2 is 2.22 bits per heavy atom. The summed E-state index contributed by atoms with van der Waals surface area (Å²) in [4.78, 5) is 17.2. The molecule has 6 heteroatoms. The van der Waals surface area contributed by atoms with Crippen molar-refractivity contribution in [3.8, 4) is 0 Å². The van der Waals surface area contributed by atoms with Gasteiger partial charge in [-0.1, -0.05) is 11.6 Å². The van der Waals surface area contributed by atoms with Gasteiger partial charge in [0, 0.05) is 12.1 Å². The Balaban J connectivity index is 2.27. The second kappa shape index (κ2) is 4.39. The van der Waals surface area contributed by atoms with E-state index in [0.29, 0.717) is 24.3 Å². The molecular weight excluding hydrogens is 259 g/mol. The fourth-order valence-electron chi connectivity index (χ4n) is 1.77. The third kappa shape index (κ3) is 2.41. The second-order valence-corrected chi connectivity index (χ2v) is 5.48. The normalized spacial score (nSPS) is 14.6. The Kier molecular flexibility index (Phi) is 3.19. The number of hydrogen-bond acceptors (Lipinski definition) is 3. The van der Waals surface area contributed by atoms with Crippen molar-refractivity contribution in [2.24, 2.45) is 0 Å². The minimum Gasteiger partial charge on any atom is -0.443 e. The van der Waals surface area contributed by atoms with Gasteiger partial charge >= 0.3 is 6.09 Å². The molecule has 0 aromatic carbocycles. The first kappa shape index (κ1) is 13.1. The van der Waals surface area contributed by atoms with Crippen LogP contribution in [0.5, 0.6) is 0 Å². The van der Waals surface area contributed by atoms with E-state index in [-0.39, 0.29) is 5.02 Å². The topological polar surface area (TPSA) is 42.4 Å². The molecule has 98 valence electrons. The number of nitrogens with zero attached hydrogens (tertiary/aromatic N) is 2. The molecule has 1 aromatic rings. The van der Waals surface area contributed by atoms with Gasteiger partial charge in [0.2, 0.25) is 0 Å². The van der Waals surface area contributed by atoms with E-state index in [1.165, 1.54) is 4.90 Å². The molecule has 0 fully saturated rings. The molecule has 0 atom stereocenters. The van der Waals surface area contributed by atoms with Crippen molar-refractivity contribution in [2.75, 3.05) is 11.4 Å². The molecule has 0 radical (unpaired) electrons. The number of pyridine rings is 1. The lowest BCUT2D eigenvalue weighted by Crippen LogP contribution is -2.36. The molecule has 0 N–H and O–H groups in total. The third-order valence-electron chi connectivity index (χ3n) is 2.50. The molecule has 1 aliphatic rings. The predicted octanol–water partition coefficient (Wildman–Crippen LogP) is 3.17. The van der Waals surface area contributed by atoms with Gasteiger partial charge in [-0.15, -0.1) is 0 Å². The summed E-state index contributed by atoms with van der Waals surface area (Å²) in [6.07, 6.45) is 1.01. The highest BCUT2D eigenvalue weighted by Crippen LogP contribution is 2.33. The van der Waals surface area contributed by atoms with Crippen LogP contribution in [0.15, 0.2) is 6.20 Å². The van der Waals surface area contributed by atoms with Gasteiger partial charge in [-0.3, -0.25) is 4.90 Å². The zero-order valence-electron chi connectivity index (χ0n) is 10.5. The highest BCUT2D eigenvalue weighted by Gasteiger charge is 2.32. The quantitative estimate of drug-likeness (QED) is 0.728. The molecule has 4 nitrogen and oxygen atoms in total. The summed E-state index contributed by atoms with van der Waals surface area (Å²) in [5.74, 6) is -0.183. The smallest absolute Gasteiger partial charge is 0.416 e. The van der Waals surface area contributed by atoms with Crippen LogP contribution in [0.4, 0.5) is 15.0 Å². The molecule has 0 saturated heterocycles. The Bertz CT molecular complexity index is 500. The highest BCUT2D eigenvalue weighted by molar-refractivity contribution is 6.32. The minimum atomic E-state index is -0.580. The van der Waals surface area contributed by atoms with E-state index < -0.39 is 17.5 Å². The van der Waals surface area contributed by atoms with Gasteiger partial charge in [0.05, 0.1) is 11.2 Å². The highest BCUT2D eigenvalue weighted by atomic mass is 35.5. The molecule has 0 aliphatic carbocycles. The molecule has 0 spiro atoms. The van der Waals surface area contributed by atoms with Crippen LogP contribution in [-0.2, 0) is 11.2 Å². The lowest BCUT2D eigenvalue weighted by molar-refractivity contribution is 0.0583. The first-order valence-electron chi connectivity index (χ1n) is 5.63. The maximum atomic E-state index is 13.2. The summed E-state index contributed by atoms with van der Waals surface area (Å²) < 4.78 is 18.5. The largest absolute Gasteiger partial charge is 0.443 e. The number of halogens is 2. The summed E-state index contributed by atoms with van der Waals surface area (Å²) >= 11 is 5.85. The van der Waals surface area contributed by atoms with Gasteiger partial charge in [-0.25, -0.2) is 14.2 Å². The van der Waals surface area contributed by atoms with Gasteiger partial charge < -0.3 is 4.74 Å². The van der Waals surface area contributed by atoms with Gasteiger partial charge in [-0.05, 0) is 27.2 Å². The number of aromatic nitrogens is 1. The number of fused-ring (bicyclic) bond motifs is 1. The van der Waals surface area contributed by atoms with Crippen molar-refractivity contribution in [3.63, 3.8) is 0 Å². The summed E-state index contributed by atoms with van der Waals surface area (Å²) in [7, 11) is 0. The SMILES string of the molecule is CC(C)(C)OC(=O)N1CCc2c1ncc(F)c2Cl. The minimum absolute atomic E-state index is 0.0334. The van der Waals surface area contributed by atoms with Crippen molar-refractivity contribution in [3.05, 3.63) is 22.6 Å². The Morgan fingerprint density at radius 1 is 1.56 bits per heavy atom. The van der Waals surface area contributed by atoms with Crippen molar-refractivity contribution in [1.29, 1.82) is 0 Å². The van der Waals surface area contributed by atoms with E-state index in [1.807, 2.05) is 0 Å². The summed E-state index contributed by atoms with van der Waals surface area (Å²) in [6.45, 7) is 5.76. The molecular formula is C12H14ClFN2O2. The molecule has 1 aromatic heterocycles. The van der Waals surface area contributed by atoms with E-state index in [4.69, 9.17) is 16.3 Å². The van der Waals surface area contributed by atoms with Crippen LogP contribution < -0.4 is 4.90 Å². The van der Waals surface area contributed by atoms with Gasteiger partial charge in [0.15, 0.2) is 5.82 Å². The van der Waals surface area contributed by atoms with Crippen LogP contribution in [0.2, 0.25) is 5.02 Å². The average molecular weight is 273 g/mol. The summed E-state index contributed by atoms with van der Waals surface area (Å²) in [5.41, 5.74) is -0.0218. The fraction of sp³-hybridized carbons (Fsp3) is 0.500. The van der Waals surface area contributed by atoms with Crippen LogP contribution in [0.25, 0.3) is 0 Å². The Morgan fingerprint density at radius 3 is 2.83 bits per heavy atom. The van der Waals surface area contributed by atoms with Crippen LogP contribution in [-0.4, -0.2) is 23.2 Å². The van der Waals surface area contributed by atoms with Gasteiger partial charge in [0.25, 0.3) is 0 Å². The van der Waals surface area contributed by atoms with Crippen molar-refractivity contribution in [2.45, 2.75) is 32.8 Å². The van der Waals surface area contributed by atoms with E-state index in [1.54, 1.807) is 20.8 Å². The molecule has 2 heterocycles. The number of rotatable bonds is 0. The van der Waals surface area contributed by atoms with Crippen LogP contribution >= 0.6 is 11.6 Å². The third-order valence-corrected chi connectivity index (χ3v) is 2.91. The van der Waals surface area contributed by atoms with E-state index in [9.17, 15) is 9.18 Å². The first-order chi connectivity index (χ1) is 8.29. The van der Waals surface area contributed by atoms with Crippen molar-refractivity contribution in [1.82, 2.24) is 4.98 Å². The lowest BCUT2D eigenvalue weighted by Gasteiger charge is -2.24. The van der Waals surface area contributed by atoms with Crippen LogP contribution in [0, 0.1) is 5.82 Å². The van der Waals surface area contributed by atoms with Crippen LogP contribution in [0.3, 0.4) is 0 Å². The number of carbonyl (C=O) groups excluding carboxylic acids is 1. The maximum absolute atomic E-state index is 13.2. The zero-order chi connectivity index (χ0) is 13.5. The molecule has 0 saturated carbocycles. The second-order valence-electron chi connectivity index (χ2n) is 5.10. The standard InChI is InChI=1S/C12H14ClFN2O2/c1-12(2,3)18-11(17)16-5-4-7-9(13)8(14)6-15-10(7)16/h6H,4-5H2,1-3H3. The Labute approximate surface area is 110 Å². The lowest BCUT2D eigenvalue weighted by atomic mass is 10.2. The van der Waals surface area contributed by atoms with Crippen molar-refractivity contribution < 1.29 is 13.9 Å². The molecule has 2 rings (SSSR count). The summed E-state index contributed by atoms with van der Waals surface area (Å²) in [6, 6.07) is 0. The van der Waals surface area contributed by atoms with Gasteiger partial charge in [0.1, 0.15) is 11.4 Å². The molecule has 1 amide bonds. The Hall–Kier alpha value is -1.36. The molecule has 1 aliphatic heterocycles. The monoisotopic (exact) mass is 272 g/mol. The van der Waals surface area contributed by atoms with E-state index in [0.717, 1.165) is 6.20 Å². The first-order valence-corrected chi connectivity index (χ1v) is 6.01. The summed E-state index contributed by atoms with van der Waals surface area (Å²) in [5, 5.41) is 0.0334. The predicted molar refractivity (Wildman–Crippen MR) is 66.5 cm³/mol.